The van der Waals surface area contributed by atoms with Crippen molar-refractivity contribution in [3.05, 3.63) is 18.6 Å². The van der Waals surface area contributed by atoms with Crippen molar-refractivity contribution in [2.75, 3.05) is 18.9 Å². The zero-order valence-corrected chi connectivity index (χ0v) is 8.91. The van der Waals surface area contributed by atoms with Gasteiger partial charge in [-0.2, -0.15) is 0 Å². The van der Waals surface area contributed by atoms with Gasteiger partial charge in [-0.15, -0.1) is 0 Å². The molecule has 2 unspecified atom stereocenters. The number of rotatable bonds is 2. The van der Waals surface area contributed by atoms with E-state index < -0.39 is 6.29 Å². The zero-order chi connectivity index (χ0) is 12.7. The molecule has 0 aliphatic carbocycles. The first-order chi connectivity index (χ1) is 8.69. The Labute approximate surface area is 98.2 Å². The molecule has 17 heavy (non-hydrogen) atoms. The highest BCUT2D eigenvalue weighted by Gasteiger charge is 2.27. The summed E-state index contributed by atoms with van der Waals surface area (Å²) in [6, 6.07) is 1.56. The molecule has 2 aromatic heterocycles. The number of nitrogens with two attached hydrogens (primary N) is 1. The maximum absolute atomic E-state index is 8.95. The highest BCUT2D eigenvalue weighted by molar-refractivity contribution is 5.84. The predicted octanol–water partition coefficient (Wildman–Crippen LogP) is -0.123. The molecule has 2 aromatic rings. The van der Waals surface area contributed by atoms with Crippen LogP contribution in [0.15, 0.2) is 18.6 Å². The summed E-state index contributed by atoms with van der Waals surface area (Å²) in [5.74, 6) is 0.217. The molecule has 0 aromatic carbocycles. The molecule has 0 spiro atoms. The van der Waals surface area contributed by atoms with Gasteiger partial charge in [-0.3, -0.25) is 0 Å². The summed E-state index contributed by atoms with van der Waals surface area (Å²) in [4.78, 5) is 7.98. The standard InChI is InChI=1S/C10H12N4O3/c11-10-9-6(1-2-12-10)14(5-13-9)7-4-16-8(3-15)17-7/h1-2,5,7-8,15H,3-4H2,(H2,11,12)/i2D. The Morgan fingerprint density at radius 2 is 2.53 bits per heavy atom. The number of aliphatic hydroxyl groups is 1. The molecule has 2 atom stereocenters. The minimum atomic E-state index is -0.623. The van der Waals surface area contributed by atoms with Crippen molar-refractivity contribution >= 4 is 16.9 Å². The number of nitrogen functional groups attached to an aromatic ring is 1. The number of ether oxygens (including phenoxy) is 2. The largest absolute Gasteiger partial charge is 0.391 e. The van der Waals surface area contributed by atoms with Crippen molar-refractivity contribution in [1.29, 1.82) is 0 Å². The topological polar surface area (TPSA) is 95.4 Å². The van der Waals surface area contributed by atoms with Crippen LogP contribution in [0.1, 0.15) is 7.60 Å². The number of hydrogen-bond donors (Lipinski definition) is 2. The second-order valence-electron chi connectivity index (χ2n) is 3.69. The number of pyridine rings is 1. The highest BCUT2D eigenvalue weighted by atomic mass is 16.7. The molecule has 7 heteroatoms. The Hall–Kier alpha value is -1.70. The van der Waals surface area contributed by atoms with Crippen LogP contribution in [0.25, 0.3) is 11.0 Å². The Bertz CT molecular complexity index is 588. The van der Waals surface area contributed by atoms with E-state index in [0.717, 1.165) is 0 Å². The second kappa shape index (κ2) is 3.95. The molecule has 7 nitrogen and oxygen atoms in total. The lowest BCUT2D eigenvalue weighted by Crippen LogP contribution is -2.14. The first-order valence-electron chi connectivity index (χ1n) is 5.66. The summed E-state index contributed by atoms with van der Waals surface area (Å²) in [6.45, 7) is 0.114. The molecule has 0 amide bonds. The van der Waals surface area contributed by atoms with Crippen molar-refractivity contribution < 1.29 is 16.0 Å². The van der Waals surface area contributed by atoms with E-state index >= 15 is 0 Å². The van der Waals surface area contributed by atoms with E-state index in [9.17, 15) is 0 Å². The quantitative estimate of drug-likeness (QED) is 0.755. The fraction of sp³-hybridized carbons (Fsp3) is 0.400. The maximum atomic E-state index is 8.95. The van der Waals surface area contributed by atoms with Crippen molar-refractivity contribution in [2.24, 2.45) is 0 Å². The molecule has 1 fully saturated rings. The summed E-state index contributed by atoms with van der Waals surface area (Å²) in [5.41, 5.74) is 6.90. The first-order valence-corrected chi connectivity index (χ1v) is 5.16. The van der Waals surface area contributed by atoms with Gasteiger partial charge in [0.2, 0.25) is 0 Å². The van der Waals surface area contributed by atoms with Gasteiger partial charge in [-0.05, 0) is 6.07 Å². The molecule has 1 aliphatic heterocycles. The summed E-state index contributed by atoms with van der Waals surface area (Å²) in [7, 11) is 0. The van der Waals surface area contributed by atoms with Gasteiger partial charge in [-0.1, -0.05) is 0 Å². The smallest absolute Gasteiger partial charge is 0.183 e. The number of aliphatic hydroxyl groups excluding tert-OH is 1. The Morgan fingerprint density at radius 3 is 3.29 bits per heavy atom. The number of fused-ring (bicyclic) bond motifs is 1. The van der Waals surface area contributed by atoms with Crippen LogP contribution in [0.3, 0.4) is 0 Å². The Morgan fingerprint density at radius 1 is 1.65 bits per heavy atom. The molecule has 3 heterocycles. The van der Waals surface area contributed by atoms with Gasteiger partial charge >= 0.3 is 0 Å². The number of aromatic nitrogens is 3. The van der Waals surface area contributed by atoms with Crippen LogP contribution in [0.5, 0.6) is 0 Å². The van der Waals surface area contributed by atoms with Gasteiger partial charge in [0.15, 0.2) is 18.3 Å². The van der Waals surface area contributed by atoms with E-state index in [-0.39, 0.29) is 24.8 Å². The lowest BCUT2D eigenvalue weighted by molar-refractivity contribution is -0.0979. The zero-order valence-electron chi connectivity index (χ0n) is 9.91. The monoisotopic (exact) mass is 237 g/mol. The number of imidazole rings is 1. The summed E-state index contributed by atoms with van der Waals surface area (Å²) < 4.78 is 20.0. The van der Waals surface area contributed by atoms with E-state index in [4.69, 9.17) is 21.7 Å². The van der Waals surface area contributed by atoms with Gasteiger partial charge in [0, 0.05) is 6.17 Å². The molecule has 0 radical (unpaired) electrons. The van der Waals surface area contributed by atoms with Crippen molar-refractivity contribution in [3.63, 3.8) is 0 Å². The van der Waals surface area contributed by atoms with Gasteiger partial charge in [-0.25, -0.2) is 9.97 Å². The van der Waals surface area contributed by atoms with Crippen LogP contribution in [0.4, 0.5) is 5.82 Å². The third-order valence-corrected chi connectivity index (χ3v) is 2.65. The molecule has 90 valence electrons. The average Bonchev–Trinajstić information content (AvgIpc) is 2.93. The summed E-state index contributed by atoms with van der Waals surface area (Å²) in [6.07, 6.45) is 0.630. The van der Waals surface area contributed by atoms with Crippen molar-refractivity contribution in [2.45, 2.75) is 12.5 Å². The Balaban J connectivity index is 2.03. The molecule has 0 saturated carbocycles. The Kier molecular flexibility index (Phi) is 2.17. The SMILES string of the molecule is [2H]c1cc2c(ncn2C2COC(CO)O2)c(N)n1. The van der Waals surface area contributed by atoms with Crippen LogP contribution in [-0.2, 0) is 9.47 Å². The summed E-state index contributed by atoms with van der Waals surface area (Å²) in [5, 5.41) is 8.95. The minimum absolute atomic E-state index is 0.0689. The predicted molar refractivity (Wildman–Crippen MR) is 58.9 cm³/mol. The molecular weight excluding hydrogens is 224 g/mol. The third-order valence-electron chi connectivity index (χ3n) is 2.65. The minimum Gasteiger partial charge on any atom is -0.391 e. The van der Waals surface area contributed by atoms with Crippen molar-refractivity contribution in [3.8, 4) is 0 Å². The van der Waals surface area contributed by atoms with Gasteiger partial charge in [0.05, 0.1) is 26.4 Å². The molecule has 3 N–H and O–H groups in total. The second-order valence-corrected chi connectivity index (χ2v) is 3.69. The normalized spacial score (nSPS) is 25.4. The molecule has 1 saturated heterocycles. The molecule has 1 aliphatic rings. The van der Waals surface area contributed by atoms with Crippen molar-refractivity contribution in [1.82, 2.24) is 14.5 Å². The van der Waals surface area contributed by atoms with Crippen LogP contribution < -0.4 is 5.73 Å². The van der Waals surface area contributed by atoms with Gasteiger partial charge in [0.25, 0.3) is 0 Å². The highest BCUT2D eigenvalue weighted by Crippen LogP contribution is 2.26. The van der Waals surface area contributed by atoms with E-state index in [2.05, 4.69) is 9.97 Å². The van der Waals surface area contributed by atoms with E-state index in [1.54, 1.807) is 17.0 Å². The van der Waals surface area contributed by atoms with Gasteiger partial charge < -0.3 is 24.9 Å². The van der Waals surface area contributed by atoms with Crippen LogP contribution in [-0.4, -0.2) is 39.1 Å². The lowest BCUT2D eigenvalue weighted by Gasteiger charge is -2.11. The van der Waals surface area contributed by atoms with Crippen LogP contribution >= 0.6 is 0 Å². The fourth-order valence-corrected chi connectivity index (χ4v) is 1.84. The fourth-order valence-electron chi connectivity index (χ4n) is 1.84. The van der Waals surface area contributed by atoms with E-state index in [1.165, 1.54) is 0 Å². The van der Waals surface area contributed by atoms with E-state index in [1.807, 2.05) is 0 Å². The molecule has 0 bridgehead atoms. The van der Waals surface area contributed by atoms with Gasteiger partial charge in [0.1, 0.15) is 5.52 Å². The number of hydrogen-bond acceptors (Lipinski definition) is 6. The van der Waals surface area contributed by atoms with Crippen LogP contribution in [0, 0.1) is 0 Å². The lowest BCUT2D eigenvalue weighted by atomic mass is 10.4. The number of nitrogens with zero attached hydrogens (tertiary/aromatic N) is 3. The average molecular weight is 237 g/mol. The number of anilines is 1. The van der Waals surface area contributed by atoms with E-state index in [0.29, 0.717) is 17.6 Å². The first kappa shape index (κ1) is 9.34. The van der Waals surface area contributed by atoms with Crippen LogP contribution in [0.2, 0.25) is 0 Å². The molecular formula is C10H12N4O3. The maximum Gasteiger partial charge on any atom is 0.183 e. The molecule has 3 rings (SSSR count). The summed E-state index contributed by atoms with van der Waals surface area (Å²) >= 11 is 0. The third kappa shape index (κ3) is 1.64.